The van der Waals surface area contributed by atoms with Crippen molar-refractivity contribution >= 4 is 52.6 Å². The molecule has 1 aliphatic heterocycles. The molecule has 2 aromatic heterocycles. The van der Waals surface area contributed by atoms with Crippen molar-refractivity contribution in [1.29, 1.82) is 0 Å². The SMILES string of the molecule is O=C1NC(=O)/C(=C/c2cnn3c(NC4CCCC4)cc(Nc4cccc(Cl)c4)nc23)N1. The molecule has 3 heterocycles. The number of benzene rings is 1. The Labute approximate surface area is 182 Å². The second-order valence-corrected chi connectivity index (χ2v) is 8.03. The van der Waals surface area contributed by atoms with Gasteiger partial charge in [0.2, 0.25) is 0 Å². The van der Waals surface area contributed by atoms with Gasteiger partial charge in [0.1, 0.15) is 17.3 Å². The van der Waals surface area contributed by atoms with Gasteiger partial charge in [0.15, 0.2) is 5.65 Å². The Morgan fingerprint density at radius 2 is 2.00 bits per heavy atom. The minimum atomic E-state index is -0.549. The molecule has 158 valence electrons. The third-order valence-corrected chi connectivity index (χ3v) is 5.56. The third kappa shape index (κ3) is 4.04. The van der Waals surface area contributed by atoms with E-state index in [1.807, 2.05) is 24.3 Å². The van der Waals surface area contributed by atoms with E-state index in [-0.39, 0.29) is 5.70 Å². The minimum absolute atomic E-state index is 0.153. The summed E-state index contributed by atoms with van der Waals surface area (Å²) in [5, 5.41) is 16.6. The first-order chi connectivity index (χ1) is 15.0. The van der Waals surface area contributed by atoms with Gasteiger partial charge in [0.25, 0.3) is 5.91 Å². The predicted octanol–water partition coefficient (Wildman–Crippen LogP) is 3.66. The summed E-state index contributed by atoms with van der Waals surface area (Å²) in [6.45, 7) is 0. The first-order valence-corrected chi connectivity index (χ1v) is 10.4. The molecule has 1 aromatic carbocycles. The summed E-state index contributed by atoms with van der Waals surface area (Å²) in [6.07, 6.45) is 7.79. The van der Waals surface area contributed by atoms with Crippen molar-refractivity contribution in [3.63, 3.8) is 0 Å². The monoisotopic (exact) mass is 437 g/mol. The normalized spacial score (nSPS) is 17.9. The van der Waals surface area contributed by atoms with Crippen LogP contribution in [0, 0.1) is 0 Å². The molecule has 5 rings (SSSR count). The van der Waals surface area contributed by atoms with Crippen molar-refractivity contribution in [1.82, 2.24) is 25.2 Å². The molecule has 2 aliphatic rings. The largest absolute Gasteiger partial charge is 0.367 e. The Kier molecular flexibility index (Phi) is 4.95. The standard InChI is InChI=1S/C21H20ClN7O2/c22-13-4-3-7-15(9-13)24-17-10-18(25-14-5-1-2-6-14)29-19(27-17)12(11-23-29)8-16-20(30)28-21(31)26-16/h3-4,7-11,14,25H,1-2,5-6H2,(H,24,27)(H2,26,28,30,31)/b16-8-. The molecule has 3 aromatic rings. The summed E-state index contributed by atoms with van der Waals surface area (Å²) in [5.41, 5.74) is 2.11. The molecular weight excluding hydrogens is 418 g/mol. The van der Waals surface area contributed by atoms with Gasteiger partial charge in [-0.3, -0.25) is 10.1 Å². The van der Waals surface area contributed by atoms with Crippen LogP contribution in [0.5, 0.6) is 0 Å². The topological polar surface area (TPSA) is 112 Å². The lowest BCUT2D eigenvalue weighted by Crippen LogP contribution is -2.22. The van der Waals surface area contributed by atoms with Crippen molar-refractivity contribution in [2.45, 2.75) is 31.7 Å². The van der Waals surface area contributed by atoms with E-state index in [4.69, 9.17) is 16.6 Å². The van der Waals surface area contributed by atoms with Gasteiger partial charge in [-0.1, -0.05) is 30.5 Å². The molecule has 2 fully saturated rings. The predicted molar refractivity (Wildman–Crippen MR) is 118 cm³/mol. The number of amides is 3. The van der Waals surface area contributed by atoms with E-state index in [0.29, 0.717) is 28.1 Å². The summed E-state index contributed by atoms with van der Waals surface area (Å²) in [4.78, 5) is 28.1. The maximum Gasteiger partial charge on any atom is 0.326 e. The molecule has 0 unspecified atom stereocenters. The van der Waals surface area contributed by atoms with Crippen LogP contribution in [0.15, 0.2) is 42.2 Å². The lowest BCUT2D eigenvalue weighted by molar-refractivity contribution is -0.115. The molecule has 31 heavy (non-hydrogen) atoms. The van der Waals surface area contributed by atoms with Crippen LogP contribution in [0.25, 0.3) is 11.7 Å². The number of aromatic nitrogens is 3. The first-order valence-electron chi connectivity index (χ1n) is 10.1. The van der Waals surface area contributed by atoms with E-state index < -0.39 is 11.9 Å². The van der Waals surface area contributed by atoms with Gasteiger partial charge in [-0.15, -0.1) is 0 Å². The summed E-state index contributed by atoms with van der Waals surface area (Å²) >= 11 is 6.11. The quantitative estimate of drug-likeness (QED) is 0.358. The first kappa shape index (κ1) is 19.4. The van der Waals surface area contributed by atoms with E-state index >= 15 is 0 Å². The van der Waals surface area contributed by atoms with Gasteiger partial charge in [0, 0.05) is 28.4 Å². The van der Waals surface area contributed by atoms with Crippen LogP contribution >= 0.6 is 11.6 Å². The maximum absolute atomic E-state index is 11.9. The molecule has 0 atom stereocenters. The van der Waals surface area contributed by atoms with E-state index in [0.717, 1.165) is 24.3 Å². The van der Waals surface area contributed by atoms with Crippen LogP contribution in [-0.4, -0.2) is 32.6 Å². The highest BCUT2D eigenvalue weighted by Crippen LogP contribution is 2.27. The van der Waals surface area contributed by atoms with E-state index in [1.54, 1.807) is 22.9 Å². The Morgan fingerprint density at radius 3 is 2.74 bits per heavy atom. The summed E-state index contributed by atoms with van der Waals surface area (Å²) in [5.74, 6) is 0.920. The number of nitrogens with one attached hydrogen (secondary N) is 4. The Bertz CT molecular complexity index is 1210. The van der Waals surface area contributed by atoms with Crippen molar-refractivity contribution in [3.05, 3.63) is 52.8 Å². The van der Waals surface area contributed by atoms with Gasteiger partial charge >= 0.3 is 6.03 Å². The molecule has 0 bridgehead atoms. The zero-order valence-corrected chi connectivity index (χ0v) is 17.2. The Balaban J connectivity index is 1.57. The number of carbonyl (C=O) groups is 2. The molecule has 1 aliphatic carbocycles. The maximum atomic E-state index is 11.9. The fourth-order valence-corrected chi connectivity index (χ4v) is 4.07. The van der Waals surface area contributed by atoms with Crippen LogP contribution in [0.2, 0.25) is 5.02 Å². The molecule has 1 saturated heterocycles. The Hall–Kier alpha value is -3.59. The number of fused-ring (bicyclic) bond motifs is 1. The van der Waals surface area contributed by atoms with Crippen LogP contribution in [-0.2, 0) is 4.79 Å². The van der Waals surface area contributed by atoms with Crippen LogP contribution < -0.4 is 21.3 Å². The van der Waals surface area contributed by atoms with Gasteiger partial charge in [0.05, 0.1) is 6.20 Å². The van der Waals surface area contributed by atoms with Gasteiger partial charge in [-0.05, 0) is 37.1 Å². The van der Waals surface area contributed by atoms with Crippen molar-refractivity contribution < 1.29 is 9.59 Å². The molecule has 3 amide bonds. The van der Waals surface area contributed by atoms with Crippen LogP contribution in [0.4, 0.5) is 22.1 Å². The number of imide groups is 1. The number of hydrogen-bond acceptors (Lipinski definition) is 6. The molecule has 10 heteroatoms. The third-order valence-electron chi connectivity index (χ3n) is 5.32. The number of nitrogens with zero attached hydrogens (tertiary/aromatic N) is 3. The molecule has 0 spiro atoms. The second kappa shape index (κ2) is 7.92. The summed E-state index contributed by atoms with van der Waals surface area (Å²) < 4.78 is 1.71. The molecule has 1 saturated carbocycles. The van der Waals surface area contributed by atoms with Crippen molar-refractivity contribution in [3.8, 4) is 0 Å². The number of urea groups is 1. The highest BCUT2D eigenvalue weighted by molar-refractivity contribution is 6.30. The van der Waals surface area contributed by atoms with Crippen LogP contribution in [0.3, 0.4) is 0 Å². The number of rotatable bonds is 5. The summed E-state index contributed by atoms with van der Waals surface area (Å²) in [7, 11) is 0. The van der Waals surface area contributed by atoms with E-state index in [1.165, 1.54) is 12.8 Å². The van der Waals surface area contributed by atoms with Crippen LogP contribution in [0.1, 0.15) is 31.2 Å². The smallest absolute Gasteiger partial charge is 0.326 e. The zero-order chi connectivity index (χ0) is 21.4. The molecule has 9 nitrogen and oxygen atoms in total. The summed E-state index contributed by atoms with van der Waals surface area (Å²) in [6, 6.07) is 9.10. The van der Waals surface area contributed by atoms with E-state index in [2.05, 4.69) is 26.4 Å². The van der Waals surface area contributed by atoms with E-state index in [9.17, 15) is 9.59 Å². The minimum Gasteiger partial charge on any atom is -0.367 e. The number of hydrogen-bond donors (Lipinski definition) is 4. The molecule has 0 radical (unpaired) electrons. The van der Waals surface area contributed by atoms with Gasteiger partial charge < -0.3 is 16.0 Å². The lowest BCUT2D eigenvalue weighted by atomic mass is 10.2. The Morgan fingerprint density at radius 1 is 1.16 bits per heavy atom. The fourth-order valence-electron chi connectivity index (χ4n) is 3.88. The van der Waals surface area contributed by atoms with Crippen molar-refractivity contribution in [2.24, 2.45) is 0 Å². The zero-order valence-electron chi connectivity index (χ0n) is 16.5. The average Bonchev–Trinajstić information content (AvgIpc) is 3.44. The second-order valence-electron chi connectivity index (χ2n) is 7.59. The number of halogens is 1. The van der Waals surface area contributed by atoms with Crippen molar-refractivity contribution in [2.75, 3.05) is 10.6 Å². The molecular formula is C21H20ClN7O2. The van der Waals surface area contributed by atoms with Gasteiger partial charge in [-0.2, -0.15) is 9.61 Å². The molecule has 4 N–H and O–H groups in total. The average molecular weight is 438 g/mol. The lowest BCUT2D eigenvalue weighted by Gasteiger charge is -2.16. The number of anilines is 3. The highest BCUT2D eigenvalue weighted by atomic mass is 35.5. The number of carbonyl (C=O) groups excluding carboxylic acids is 2. The fraction of sp³-hybridized carbons (Fsp3) is 0.238. The van der Waals surface area contributed by atoms with Gasteiger partial charge in [-0.25, -0.2) is 9.78 Å². The highest BCUT2D eigenvalue weighted by Gasteiger charge is 2.24.